The van der Waals surface area contributed by atoms with Crippen LogP contribution in [0, 0.1) is 0 Å². The zero-order valence-corrected chi connectivity index (χ0v) is 12.6. The number of hydrogen-bond acceptors (Lipinski definition) is 2. The molecular weight excluding hydrogens is 261 g/mol. The van der Waals surface area contributed by atoms with Gasteiger partial charge in [0.25, 0.3) is 0 Å². The van der Waals surface area contributed by atoms with E-state index in [2.05, 4.69) is 11.8 Å². The normalized spacial score (nSPS) is 22.1. The first kappa shape index (κ1) is 14.2. The Hall–Kier alpha value is 1.15. The van der Waals surface area contributed by atoms with E-state index in [1.807, 2.05) is 6.92 Å². The van der Waals surface area contributed by atoms with Gasteiger partial charge in [0.1, 0.15) is 0 Å². The molecule has 0 heterocycles. The van der Waals surface area contributed by atoms with Crippen molar-refractivity contribution in [1.82, 2.24) is 0 Å². The molecule has 1 rings (SSSR count). The van der Waals surface area contributed by atoms with E-state index in [4.69, 9.17) is 14.3 Å². The van der Waals surface area contributed by atoms with Crippen LogP contribution in [0.15, 0.2) is 0 Å². The first-order valence-corrected chi connectivity index (χ1v) is 6.80. The summed E-state index contributed by atoms with van der Waals surface area (Å²) < 4.78 is 5.10. The topological polar surface area (TPSA) is 49.7 Å². The molecule has 2 N–H and O–H groups in total. The third-order valence-electron chi connectivity index (χ3n) is 2.25. The predicted molar refractivity (Wildman–Crippen MR) is 51.3 cm³/mol. The van der Waals surface area contributed by atoms with Gasteiger partial charge < -0.3 is 14.3 Å². The van der Waals surface area contributed by atoms with Gasteiger partial charge in [-0.15, -0.1) is 0 Å². The molecule has 0 aliphatic heterocycles. The molecule has 0 amide bonds. The van der Waals surface area contributed by atoms with E-state index in [0.717, 1.165) is 25.7 Å². The van der Waals surface area contributed by atoms with Crippen LogP contribution in [-0.2, 0) is 35.8 Å². The summed E-state index contributed by atoms with van der Waals surface area (Å²) in [5, 5.41) is 0. The molecule has 1 saturated carbocycles. The molecule has 0 unspecified atom stereocenters. The van der Waals surface area contributed by atoms with Crippen molar-refractivity contribution in [3.63, 3.8) is 0 Å². The molecule has 6 heteroatoms. The molecule has 1 aliphatic rings. The molecule has 0 aromatic carbocycles. The summed E-state index contributed by atoms with van der Waals surface area (Å²) in [6, 6.07) is 0. The third-order valence-corrected chi connectivity index (χ3v) is 3.15. The summed E-state index contributed by atoms with van der Waals surface area (Å²) >= 11 is 4.44. The fourth-order valence-corrected chi connectivity index (χ4v) is 2.97. The monoisotopic (exact) mass is 274 g/mol. The fraction of sp³-hybridized carbons (Fsp3) is 1.00. The summed E-state index contributed by atoms with van der Waals surface area (Å²) in [4.78, 5) is 18.0. The van der Waals surface area contributed by atoms with E-state index in [1.54, 1.807) is 0 Å². The maximum atomic E-state index is 8.99. The second-order valence-electron chi connectivity index (χ2n) is 3.59. The van der Waals surface area contributed by atoms with Crippen molar-refractivity contribution >= 4 is 18.5 Å². The van der Waals surface area contributed by atoms with E-state index in [9.17, 15) is 0 Å². The van der Waals surface area contributed by atoms with Crippen LogP contribution in [0.4, 0.5) is 0 Å². The third kappa shape index (κ3) is 5.56. The van der Waals surface area contributed by atoms with E-state index in [0.29, 0.717) is 0 Å². The maximum absolute atomic E-state index is 8.99. The second-order valence-corrected chi connectivity index (χ2v) is 6.18. The molecule has 0 radical (unpaired) electrons. The Labute approximate surface area is 96.9 Å². The average molecular weight is 276 g/mol. The molecule has 1 fully saturated rings. The maximum Gasteiger partial charge on any atom is 0.322 e. The zero-order valence-electron chi connectivity index (χ0n) is 7.90. The fourth-order valence-electron chi connectivity index (χ4n) is 1.68. The van der Waals surface area contributed by atoms with Crippen molar-refractivity contribution in [2.24, 2.45) is 0 Å². The minimum atomic E-state index is -3.47. The number of hydrogen-bond donors (Lipinski definition) is 2. The molecule has 0 aromatic rings. The van der Waals surface area contributed by atoms with E-state index in [-0.39, 0.29) is 19.5 Å². The molecule has 3 nitrogen and oxygen atoms in total. The Balaban J connectivity index is 0.00000144. The van der Waals surface area contributed by atoms with Crippen LogP contribution in [0.1, 0.15) is 39.0 Å². The molecule has 0 aromatic heterocycles. The molecule has 0 bridgehead atoms. The van der Waals surface area contributed by atoms with Crippen LogP contribution in [0.5, 0.6) is 0 Å². The van der Waals surface area contributed by atoms with Gasteiger partial charge in [0.15, 0.2) is 0 Å². The van der Waals surface area contributed by atoms with Crippen molar-refractivity contribution in [3.05, 3.63) is 0 Å². The van der Waals surface area contributed by atoms with Crippen molar-refractivity contribution in [2.75, 3.05) is 0 Å². The first-order chi connectivity index (χ1) is 5.41. The van der Waals surface area contributed by atoms with Gasteiger partial charge in [-0.1, -0.05) is 19.3 Å². The summed E-state index contributed by atoms with van der Waals surface area (Å²) in [7, 11) is 0. The van der Waals surface area contributed by atoms with Crippen molar-refractivity contribution in [2.45, 2.75) is 44.6 Å². The molecular formula is C7H15O3PSZn. The van der Waals surface area contributed by atoms with Crippen LogP contribution in [0.3, 0.4) is 0 Å². The van der Waals surface area contributed by atoms with Gasteiger partial charge in [-0.2, -0.15) is 0 Å². The Morgan fingerprint density at radius 2 is 1.69 bits per heavy atom. The quantitative estimate of drug-likeness (QED) is 0.597. The molecule has 13 heavy (non-hydrogen) atoms. The van der Waals surface area contributed by atoms with Crippen LogP contribution in [0.2, 0.25) is 0 Å². The van der Waals surface area contributed by atoms with Gasteiger partial charge >= 0.3 is 6.72 Å². The van der Waals surface area contributed by atoms with Gasteiger partial charge in [0, 0.05) is 19.5 Å². The summed E-state index contributed by atoms with van der Waals surface area (Å²) in [6.07, 6.45) is 5.15. The largest absolute Gasteiger partial charge is 0.325 e. The van der Waals surface area contributed by atoms with Gasteiger partial charge in [-0.25, -0.2) is 0 Å². The Kier molecular flexibility index (Phi) is 5.77. The molecule has 1 aliphatic carbocycles. The van der Waals surface area contributed by atoms with E-state index >= 15 is 0 Å². The predicted octanol–water partition coefficient (Wildman–Crippen LogP) is 1.93. The average Bonchev–Trinajstić information content (AvgIpc) is 1.83. The minimum Gasteiger partial charge on any atom is -0.325 e. The minimum absolute atomic E-state index is 0. The van der Waals surface area contributed by atoms with Crippen molar-refractivity contribution in [1.29, 1.82) is 0 Å². The Bertz CT molecular complexity index is 200. The Morgan fingerprint density at radius 1 is 1.23 bits per heavy atom. The smallest absolute Gasteiger partial charge is 0.322 e. The zero-order chi connectivity index (χ0) is 9.24. The van der Waals surface area contributed by atoms with Crippen molar-refractivity contribution in [3.8, 4) is 0 Å². The summed E-state index contributed by atoms with van der Waals surface area (Å²) in [5.74, 6) is 0. The van der Waals surface area contributed by atoms with Crippen LogP contribution >= 0.6 is 6.72 Å². The van der Waals surface area contributed by atoms with Crippen molar-refractivity contribution < 1.29 is 33.8 Å². The van der Waals surface area contributed by atoms with Crippen LogP contribution in [-0.4, -0.2) is 15.4 Å². The first-order valence-electron chi connectivity index (χ1n) is 4.18. The van der Waals surface area contributed by atoms with E-state index in [1.165, 1.54) is 6.42 Å². The van der Waals surface area contributed by atoms with Crippen LogP contribution in [0.25, 0.3) is 0 Å². The molecule has 0 saturated heterocycles. The van der Waals surface area contributed by atoms with Crippen LogP contribution < -0.4 is 0 Å². The van der Waals surface area contributed by atoms with Gasteiger partial charge in [0.05, 0.1) is 5.60 Å². The molecule has 0 atom stereocenters. The number of rotatable bonds is 2. The van der Waals surface area contributed by atoms with E-state index < -0.39 is 12.3 Å². The molecule has 74 valence electrons. The summed E-state index contributed by atoms with van der Waals surface area (Å²) in [6.45, 7) is -1.56. The molecule has 0 spiro atoms. The van der Waals surface area contributed by atoms with Gasteiger partial charge in [0.2, 0.25) is 0 Å². The SMILES string of the molecule is CC1(OP(O)(O)=S)CCCCC1.[Zn]. The Morgan fingerprint density at radius 3 is 2.08 bits per heavy atom. The second kappa shape index (κ2) is 5.30. The van der Waals surface area contributed by atoms with Gasteiger partial charge in [-0.05, 0) is 31.6 Å². The summed E-state index contributed by atoms with van der Waals surface area (Å²) in [5.41, 5.74) is -0.392. The van der Waals surface area contributed by atoms with Gasteiger partial charge in [-0.3, -0.25) is 0 Å². The standard InChI is InChI=1S/C7H15O3PS.Zn/c1-7(10-11(8,9)12)5-3-2-4-6-7;/h2-6H2,1H3,(H2,8,9,12);.